The van der Waals surface area contributed by atoms with Crippen LogP contribution in [0.4, 0.5) is 5.69 Å². The lowest BCUT2D eigenvalue weighted by molar-refractivity contribution is 0.101. The lowest BCUT2D eigenvalue weighted by Crippen LogP contribution is -2.16. The Labute approximate surface area is 110 Å². The third-order valence-electron chi connectivity index (χ3n) is 2.46. The molecule has 0 radical (unpaired) electrons. The first-order chi connectivity index (χ1) is 8.58. The Hall–Kier alpha value is -2.21. The topological polar surface area (TPSA) is 72.9 Å². The summed E-state index contributed by atoms with van der Waals surface area (Å²) in [5, 5.41) is 6.71. The average molecular weight is 260 g/mol. The van der Waals surface area contributed by atoms with Crippen molar-refractivity contribution in [2.75, 3.05) is 5.32 Å². The minimum absolute atomic E-state index is 0.227. The van der Waals surface area contributed by atoms with Crippen LogP contribution in [0.5, 0.6) is 0 Å². The van der Waals surface area contributed by atoms with Crippen LogP contribution in [0.1, 0.15) is 16.1 Å². The smallest absolute Gasteiger partial charge is 0.273 e. The Balaban J connectivity index is 2.20. The third-order valence-corrected chi connectivity index (χ3v) is 2.69. The molecule has 0 unspecified atom stereocenters. The van der Waals surface area contributed by atoms with Crippen LogP contribution in [0.25, 0.3) is 0 Å². The highest BCUT2D eigenvalue weighted by Gasteiger charge is 2.10. The van der Waals surface area contributed by atoms with E-state index in [0.717, 1.165) is 0 Å². The van der Waals surface area contributed by atoms with E-state index in [0.29, 0.717) is 21.9 Å². The van der Waals surface area contributed by atoms with Crippen molar-refractivity contribution in [2.45, 2.75) is 0 Å². The van der Waals surface area contributed by atoms with E-state index in [1.165, 1.54) is 4.68 Å². The molecule has 1 aromatic heterocycles. The zero-order chi connectivity index (χ0) is 13.1. The van der Waals surface area contributed by atoms with Gasteiger partial charge >= 0.3 is 0 Å². The van der Waals surface area contributed by atoms with Gasteiger partial charge in [0.25, 0.3) is 5.91 Å². The number of carbonyl (C=O) groups is 1. The number of nitrogens with two attached hydrogens (primary N) is 1. The minimum atomic E-state index is -0.227. The molecule has 5 nitrogen and oxygen atoms in total. The number of aromatic nitrogens is 2. The molecular weight excluding hydrogens is 248 g/mol. The maximum Gasteiger partial charge on any atom is 0.273 e. The van der Waals surface area contributed by atoms with Crippen molar-refractivity contribution in [1.82, 2.24) is 9.78 Å². The van der Waals surface area contributed by atoms with Crippen molar-refractivity contribution in [3.63, 3.8) is 0 Å². The van der Waals surface area contributed by atoms with Crippen LogP contribution in [-0.4, -0.2) is 20.7 Å². The van der Waals surface area contributed by atoms with E-state index < -0.39 is 0 Å². The van der Waals surface area contributed by atoms with Crippen molar-refractivity contribution in [1.29, 1.82) is 0 Å². The average Bonchev–Trinajstić information content (AvgIpc) is 2.76. The molecule has 92 valence electrons. The van der Waals surface area contributed by atoms with E-state index >= 15 is 0 Å². The zero-order valence-corrected chi connectivity index (χ0v) is 10.6. The third kappa shape index (κ3) is 2.54. The molecule has 0 fully saturated rings. The number of hydrogen-bond donors (Lipinski definition) is 2. The van der Waals surface area contributed by atoms with Gasteiger partial charge in [0, 0.05) is 24.5 Å². The number of anilines is 1. The highest BCUT2D eigenvalue weighted by molar-refractivity contribution is 7.80. The first-order valence-electron chi connectivity index (χ1n) is 5.27. The number of hydrogen-bond acceptors (Lipinski definition) is 3. The second kappa shape index (κ2) is 4.97. The van der Waals surface area contributed by atoms with E-state index in [2.05, 4.69) is 10.4 Å². The highest BCUT2D eigenvalue weighted by atomic mass is 32.1. The van der Waals surface area contributed by atoms with Crippen molar-refractivity contribution in [3.05, 3.63) is 47.8 Å². The summed E-state index contributed by atoms with van der Waals surface area (Å²) >= 11 is 4.89. The molecule has 0 saturated heterocycles. The van der Waals surface area contributed by atoms with E-state index in [4.69, 9.17) is 18.0 Å². The van der Waals surface area contributed by atoms with Crippen LogP contribution >= 0.6 is 12.2 Å². The molecule has 2 rings (SSSR count). The van der Waals surface area contributed by atoms with Crippen LogP contribution in [0.3, 0.4) is 0 Å². The van der Waals surface area contributed by atoms with Gasteiger partial charge in [0.2, 0.25) is 0 Å². The standard InChI is InChI=1S/C12H12N4OS/c1-16-10(5-6-14-16)12(17)15-9-4-2-3-8(7-9)11(13)18/h2-7H,1H3,(H2,13,18)(H,15,17). The minimum Gasteiger partial charge on any atom is -0.389 e. The molecule has 1 amide bonds. The number of nitrogens with one attached hydrogen (secondary N) is 1. The number of benzene rings is 1. The van der Waals surface area contributed by atoms with E-state index in [-0.39, 0.29) is 5.91 Å². The Morgan fingerprint density at radius 3 is 2.83 bits per heavy atom. The quantitative estimate of drug-likeness (QED) is 0.816. The van der Waals surface area contributed by atoms with Crippen molar-refractivity contribution in [2.24, 2.45) is 12.8 Å². The predicted octanol–water partition coefficient (Wildman–Crippen LogP) is 1.31. The summed E-state index contributed by atoms with van der Waals surface area (Å²) < 4.78 is 1.51. The van der Waals surface area contributed by atoms with Gasteiger partial charge in [-0.25, -0.2) is 0 Å². The van der Waals surface area contributed by atoms with E-state index in [1.807, 2.05) is 0 Å². The number of nitrogens with zero attached hydrogens (tertiary/aromatic N) is 2. The second-order valence-corrected chi connectivity index (χ2v) is 4.18. The summed E-state index contributed by atoms with van der Waals surface area (Å²) in [6.45, 7) is 0. The molecule has 1 heterocycles. The van der Waals surface area contributed by atoms with E-state index in [1.54, 1.807) is 43.6 Å². The lowest BCUT2D eigenvalue weighted by Gasteiger charge is -2.06. The second-order valence-electron chi connectivity index (χ2n) is 3.74. The summed E-state index contributed by atoms with van der Waals surface area (Å²) in [7, 11) is 1.71. The molecular formula is C12H12N4OS. The summed E-state index contributed by atoms with van der Waals surface area (Å²) in [6, 6.07) is 8.73. The van der Waals surface area contributed by atoms with Gasteiger partial charge in [0.05, 0.1) is 0 Å². The number of rotatable bonds is 3. The maximum atomic E-state index is 11.9. The van der Waals surface area contributed by atoms with Gasteiger partial charge in [-0.2, -0.15) is 5.10 Å². The van der Waals surface area contributed by atoms with Gasteiger partial charge in [0.15, 0.2) is 0 Å². The molecule has 0 bridgehead atoms. The maximum absolute atomic E-state index is 11.9. The summed E-state index contributed by atoms with van der Waals surface area (Å²) in [5.74, 6) is -0.227. The molecule has 0 saturated carbocycles. The van der Waals surface area contributed by atoms with Crippen molar-refractivity contribution in [3.8, 4) is 0 Å². The Morgan fingerprint density at radius 1 is 1.44 bits per heavy atom. The normalized spacial score (nSPS) is 10.1. The SMILES string of the molecule is Cn1nccc1C(=O)Nc1cccc(C(N)=S)c1. The van der Waals surface area contributed by atoms with Crippen molar-refractivity contribution < 1.29 is 4.79 Å². The number of thiocarbonyl (C=S) groups is 1. The fourth-order valence-corrected chi connectivity index (χ4v) is 1.67. The van der Waals surface area contributed by atoms with Gasteiger partial charge < -0.3 is 11.1 Å². The first-order valence-corrected chi connectivity index (χ1v) is 5.68. The molecule has 0 aliphatic carbocycles. The van der Waals surface area contributed by atoms with Crippen molar-refractivity contribution >= 4 is 28.8 Å². The highest BCUT2D eigenvalue weighted by Crippen LogP contribution is 2.12. The molecule has 0 aliphatic heterocycles. The molecule has 3 N–H and O–H groups in total. The van der Waals surface area contributed by atoms with Gasteiger partial charge in [-0.3, -0.25) is 9.48 Å². The Morgan fingerprint density at radius 2 is 2.22 bits per heavy atom. The van der Waals surface area contributed by atoms with Gasteiger partial charge in [-0.15, -0.1) is 0 Å². The van der Waals surface area contributed by atoms with Crippen LogP contribution in [0, 0.1) is 0 Å². The number of amides is 1. The van der Waals surface area contributed by atoms with Gasteiger partial charge in [0.1, 0.15) is 10.7 Å². The first kappa shape index (κ1) is 12.3. The molecule has 2 aromatic rings. The predicted molar refractivity (Wildman–Crippen MR) is 73.5 cm³/mol. The lowest BCUT2D eigenvalue weighted by atomic mass is 10.2. The molecule has 6 heteroatoms. The largest absolute Gasteiger partial charge is 0.389 e. The van der Waals surface area contributed by atoms with Crippen LogP contribution < -0.4 is 11.1 Å². The van der Waals surface area contributed by atoms with Gasteiger partial charge in [-0.1, -0.05) is 24.4 Å². The molecule has 0 atom stereocenters. The zero-order valence-electron chi connectivity index (χ0n) is 9.75. The monoisotopic (exact) mass is 260 g/mol. The molecule has 0 aliphatic rings. The van der Waals surface area contributed by atoms with Crippen LogP contribution in [-0.2, 0) is 7.05 Å². The number of aryl methyl sites for hydroxylation is 1. The Bertz CT molecular complexity index is 606. The van der Waals surface area contributed by atoms with E-state index in [9.17, 15) is 4.79 Å². The molecule has 0 spiro atoms. The summed E-state index contributed by atoms with van der Waals surface area (Å²) in [4.78, 5) is 12.2. The summed E-state index contributed by atoms with van der Waals surface area (Å²) in [5.41, 5.74) is 7.38. The molecule has 1 aromatic carbocycles. The van der Waals surface area contributed by atoms with Gasteiger partial charge in [-0.05, 0) is 18.2 Å². The fraction of sp³-hybridized carbons (Fsp3) is 0.0833. The Kier molecular flexibility index (Phi) is 3.38. The van der Waals surface area contributed by atoms with Crippen LogP contribution in [0.15, 0.2) is 36.5 Å². The molecule has 18 heavy (non-hydrogen) atoms. The number of carbonyl (C=O) groups excluding carboxylic acids is 1. The summed E-state index contributed by atoms with van der Waals surface area (Å²) in [6.07, 6.45) is 1.57. The van der Waals surface area contributed by atoms with Crippen LogP contribution in [0.2, 0.25) is 0 Å². The fourth-order valence-electron chi connectivity index (χ4n) is 1.54.